The van der Waals surface area contributed by atoms with Gasteiger partial charge in [0.2, 0.25) is 0 Å². The van der Waals surface area contributed by atoms with Crippen LogP contribution in [0.5, 0.6) is 0 Å². The molecular formula is C25H22N6O3. The number of anilines is 1. The van der Waals surface area contributed by atoms with Gasteiger partial charge in [0.15, 0.2) is 5.82 Å². The number of hydrogen-bond donors (Lipinski definition) is 3. The number of nitro benzene ring substituents is 1. The molecule has 6 rings (SSSR count). The number of H-pyrrole nitrogens is 2. The van der Waals surface area contributed by atoms with Crippen molar-refractivity contribution in [2.45, 2.75) is 18.4 Å². The number of non-ortho nitro benzene ring substituents is 1. The maximum atomic E-state index is 11.1. The van der Waals surface area contributed by atoms with Gasteiger partial charge < -0.3 is 15.0 Å². The summed E-state index contributed by atoms with van der Waals surface area (Å²) in [6.07, 6.45) is 1.32. The van der Waals surface area contributed by atoms with E-state index in [-0.39, 0.29) is 5.69 Å². The zero-order valence-corrected chi connectivity index (χ0v) is 18.2. The van der Waals surface area contributed by atoms with Crippen LogP contribution in [0.2, 0.25) is 0 Å². The Morgan fingerprint density at radius 3 is 2.56 bits per heavy atom. The Hall–Kier alpha value is -4.24. The average Bonchev–Trinajstić information content (AvgIpc) is 3.48. The van der Waals surface area contributed by atoms with Gasteiger partial charge in [-0.25, -0.2) is 4.98 Å². The molecule has 3 N–H and O–H groups in total. The van der Waals surface area contributed by atoms with Crippen molar-refractivity contribution in [3.8, 4) is 11.5 Å². The monoisotopic (exact) mass is 454 g/mol. The van der Waals surface area contributed by atoms with Gasteiger partial charge in [0.05, 0.1) is 27.1 Å². The van der Waals surface area contributed by atoms with Crippen molar-refractivity contribution in [2.75, 3.05) is 18.0 Å². The van der Waals surface area contributed by atoms with Crippen LogP contribution in [0.4, 0.5) is 11.4 Å². The topological polar surface area (TPSA) is 124 Å². The lowest BCUT2D eigenvalue weighted by atomic mass is 9.84. The normalized spacial score (nSPS) is 15.7. The number of imidazole rings is 1. The first-order valence-electron chi connectivity index (χ1n) is 11.2. The second-order valence-electron chi connectivity index (χ2n) is 8.73. The van der Waals surface area contributed by atoms with E-state index in [1.54, 1.807) is 6.07 Å². The summed E-state index contributed by atoms with van der Waals surface area (Å²) >= 11 is 0. The van der Waals surface area contributed by atoms with Crippen molar-refractivity contribution in [3.63, 3.8) is 0 Å². The van der Waals surface area contributed by atoms with Gasteiger partial charge in [-0.1, -0.05) is 30.3 Å². The Bertz CT molecular complexity index is 1520. The van der Waals surface area contributed by atoms with Gasteiger partial charge in [-0.15, -0.1) is 0 Å². The minimum atomic E-state index is -0.793. The second-order valence-corrected chi connectivity index (χ2v) is 8.73. The average molecular weight is 454 g/mol. The van der Waals surface area contributed by atoms with Gasteiger partial charge in [-0.05, 0) is 42.7 Å². The van der Waals surface area contributed by atoms with Crippen LogP contribution in [0.1, 0.15) is 18.4 Å². The van der Waals surface area contributed by atoms with Crippen molar-refractivity contribution < 1.29 is 10.0 Å². The number of hydrogen-bond acceptors (Lipinski definition) is 6. The SMILES string of the molecule is O=[N+]([O-])c1ccc2c(-c3nc4ccc(N5CCC(O)(c6ccccc6)CC5)cc4[nH]3)n[nH]c2c1. The summed E-state index contributed by atoms with van der Waals surface area (Å²) < 4.78 is 0. The van der Waals surface area contributed by atoms with E-state index in [4.69, 9.17) is 0 Å². The first kappa shape index (κ1) is 20.4. The van der Waals surface area contributed by atoms with Crippen molar-refractivity contribution in [1.29, 1.82) is 0 Å². The molecule has 0 amide bonds. The lowest BCUT2D eigenvalue weighted by Crippen LogP contribution is -2.42. The lowest BCUT2D eigenvalue weighted by molar-refractivity contribution is -0.384. The highest BCUT2D eigenvalue weighted by atomic mass is 16.6. The maximum Gasteiger partial charge on any atom is 0.271 e. The van der Waals surface area contributed by atoms with Gasteiger partial charge in [-0.2, -0.15) is 5.10 Å². The molecule has 9 nitrogen and oxygen atoms in total. The molecule has 1 aliphatic rings. The molecule has 1 fully saturated rings. The van der Waals surface area contributed by atoms with Gasteiger partial charge in [0.25, 0.3) is 5.69 Å². The van der Waals surface area contributed by atoms with Gasteiger partial charge in [-0.3, -0.25) is 15.2 Å². The molecule has 0 unspecified atom stereocenters. The highest BCUT2D eigenvalue weighted by Gasteiger charge is 2.34. The number of nitro groups is 1. The Balaban J connectivity index is 1.26. The van der Waals surface area contributed by atoms with Crippen LogP contribution >= 0.6 is 0 Å². The summed E-state index contributed by atoms with van der Waals surface area (Å²) in [6.45, 7) is 1.50. The molecular weight excluding hydrogens is 432 g/mol. The minimum absolute atomic E-state index is 0.0117. The van der Waals surface area contributed by atoms with E-state index in [1.807, 2.05) is 42.5 Å². The van der Waals surface area contributed by atoms with Crippen molar-refractivity contribution in [3.05, 3.63) is 82.4 Å². The van der Waals surface area contributed by atoms with Crippen molar-refractivity contribution in [2.24, 2.45) is 0 Å². The van der Waals surface area contributed by atoms with Gasteiger partial charge >= 0.3 is 0 Å². The third kappa shape index (κ3) is 3.37. The zero-order valence-electron chi connectivity index (χ0n) is 18.2. The van der Waals surface area contributed by atoms with Crippen LogP contribution in [0.25, 0.3) is 33.5 Å². The van der Waals surface area contributed by atoms with Crippen LogP contribution < -0.4 is 4.90 Å². The zero-order chi connectivity index (χ0) is 23.3. The smallest absolute Gasteiger partial charge is 0.271 e. The quantitative estimate of drug-likeness (QED) is 0.271. The molecule has 170 valence electrons. The highest BCUT2D eigenvalue weighted by molar-refractivity contribution is 5.94. The van der Waals surface area contributed by atoms with Gasteiger partial charge in [0.1, 0.15) is 5.69 Å². The summed E-state index contributed by atoms with van der Waals surface area (Å²) in [6, 6.07) is 20.6. The molecule has 0 atom stereocenters. The Kier molecular flexibility index (Phi) is 4.59. The number of aliphatic hydroxyl groups is 1. The number of benzene rings is 3. The summed E-state index contributed by atoms with van der Waals surface area (Å²) in [5.41, 5.74) is 4.17. The Morgan fingerprint density at radius 1 is 1.00 bits per heavy atom. The molecule has 1 saturated heterocycles. The first-order valence-corrected chi connectivity index (χ1v) is 11.2. The molecule has 3 aromatic carbocycles. The van der Waals surface area contributed by atoms with E-state index in [1.165, 1.54) is 12.1 Å². The van der Waals surface area contributed by atoms with Crippen molar-refractivity contribution >= 4 is 33.3 Å². The first-order chi connectivity index (χ1) is 16.5. The van der Waals surface area contributed by atoms with Crippen LogP contribution in [0.3, 0.4) is 0 Å². The van der Waals surface area contributed by atoms with E-state index < -0.39 is 10.5 Å². The molecule has 0 aliphatic carbocycles. The molecule has 1 aliphatic heterocycles. The summed E-state index contributed by atoms with van der Waals surface area (Å²) in [4.78, 5) is 20.9. The molecule has 5 aromatic rings. The summed E-state index contributed by atoms with van der Waals surface area (Å²) in [5, 5.41) is 30.1. The second kappa shape index (κ2) is 7.67. The Morgan fingerprint density at radius 2 is 1.79 bits per heavy atom. The largest absolute Gasteiger partial charge is 0.385 e. The fraction of sp³-hybridized carbons (Fsp3) is 0.200. The molecule has 9 heteroatoms. The van der Waals surface area contributed by atoms with Crippen LogP contribution in [0, 0.1) is 10.1 Å². The summed E-state index contributed by atoms with van der Waals surface area (Å²) in [7, 11) is 0. The standard InChI is InChI=1S/C25H22N6O3/c32-25(16-4-2-1-3-5-16)10-12-30(13-11-25)17-7-9-20-22(14-17)27-24(26-20)23-19-8-6-18(31(33)34)15-21(19)28-29-23/h1-9,14-15,32H,10-13H2,(H,26,27)(H,28,29). The van der Waals surface area contributed by atoms with E-state index in [0.29, 0.717) is 29.9 Å². The van der Waals surface area contributed by atoms with E-state index >= 15 is 0 Å². The van der Waals surface area contributed by atoms with E-state index in [2.05, 4.69) is 31.1 Å². The lowest BCUT2D eigenvalue weighted by Gasteiger charge is -2.39. The molecule has 3 heterocycles. The molecule has 0 bridgehead atoms. The predicted octanol–water partition coefficient (Wildman–Crippen LogP) is 4.50. The fourth-order valence-electron chi connectivity index (χ4n) is 4.78. The van der Waals surface area contributed by atoms with Crippen LogP contribution in [0.15, 0.2) is 66.7 Å². The minimum Gasteiger partial charge on any atom is -0.385 e. The van der Waals surface area contributed by atoms with Crippen LogP contribution in [-0.4, -0.2) is 43.3 Å². The number of fused-ring (bicyclic) bond motifs is 2. The highest BCUT2D eigenvalue weighted by Crippen LogP contribution is 2.35. The van der Waals surface area contributed by atoms with Crippen LogP contribution in [-0.2, 0) is 5.60 Å². The fourth-order valence-corrected chi connectivity index (χ4v) is 4.78. The predicted molar refractivity (Wildman–Crippen MR) is 130 cm³/mol. The molecule has 0 spiro atoms. The number of aromatic amines is 2. The summed E-state index contributed by atoms with van der Waals surface area (Å²) in [5.74, 6) is 0.601. The number of piperidine rings is 1. The number of aromatic nitrogens is 4. The maximum absolute atomic E-state index is 11.1. The Labute approximate surface area is 194 Å². The van der Waals surface area contributed by atoms with Gasteiger partial charge in [0, 0.05) is 36.3 Å². The number of rotatable bonds is 4. The third-order valence-corrected chi connectivity index (χ3v) is 6.71. The molecule has 0 radical (unpaired) electrons. The molecule has 2 aromatic heterocycles. The number of nitrogens with zero attached hydrogens (tertiary/aromatic N) is 4. The van der Waals surface area contributed by atoms with E-state index in [0.717, 1.165) is 40.8 Å². The molecule has 34 heavy (non-hydrogen) atoms. The number of nitrogens with one attached hydrogen (secondary N) is 2. The van der Waals surface area contributed by atoms with Crippen molar-refractivity contribution in [1.82, 2.24) is 20.2 Å². The molecule has 0 saturated carbocycles. The van der Waals surface area contributed by atoms with E-state index in [9.17, 15) is 15.2 Å². The third-order valence-electron chi connectivity index (χ3n) is 6.71.